The highest BCUT2D eigenvalue weighted by Crippen LogP contribution is 2.37. The van der Waals surface area contributed by atoms with Gasteiger partial charge in [-0.3, -0.25) is 4.79 Å². The molecule has 1 amide bonds. The number of nitrogens with one attached hydrogen (secondary N) is 3. The van der Waals surface area contributed by atoms with Crippen molar-refractivity contribution in [3.8, 4) is 0 Å². The normalized spacial score (nSPS) is 19.7. The molecule has 7 nitrogen and oxygen atoms in total. The second-order valence-corrected chi connectivity index (χ2v) is 8.43. The molecule has 3 heterocycles. The average molecular weight is 453 g/mol. The van der Waals surface area contributed by atoms with Crippen molar-refractivity contribution in [3.63, 3.8) is 0 Å². The smallest absolute Gasteiger partial charge is 0.248 e. The van der Waals surface area contributed by atoms with Gasteiger partial charge in [0.25, 0.3) is 0 Å². The van der Waals surface area contributed by atoms with Crippen LogP contribution in [-0.2, 0) is 11.3 Å². The number of benzene rings is 2. The highest BCUT2D eigenvalue weighted by atomic mass is 19.1. The molecule has 9 heteroatoms. The molecule has 3 aliphatic heterocycles. The van der Waals surface area contributed by atoms with E-state index in [1.54, 1.807) is 0 Å². The molecule has 3 aliphatic rings. The van der Waals surface area contributed by atoms with Crippen molar-refractivity contribution >= 4 is 17.3 Å². The number of amides is 1. The summed E-state index contributed by atoms with van der Waals surface area (Å²) in [6.07, 6.45) is 1.83. The summed E-state index contributed by atoms with van der Waals surface area (Å²) in [4.78, 5) is 16.5. The van der Waals surface area contributed by atoms with Gasteiger partial charge < -0.3 is 31.5 Å². The number of anilines is 2. The third-order valence-corrected chi connectivity index (χ3v) is 6.10. The molecule has 0 saturated carbocycles. The van der Waals surface area contributed by atoms with Crippen molar-refractivity contribution in [2.45, 2.75) is 12.6 Å². The lowest BCUT2D eigenvalue weighted by Crippen LogP contribution is -2.43. The summed E-state index contributed by atoms with van der Waals surface area (Å²) in [6.45, 7) is 4.68. The number of nitrogens with two attached hydrogens (primary N) is 1. The van der Waals surface area contributed by atoms with Crippen LogP contribution in [0.5, 0.6) is 0 Å². The second kappa shape index (κ2) is 8.74. The Bertz CT molecular complexity index is 1120. The molecular formula is C24H26F2N6O. The Kier molecular flexibility index (Phi) is 5.63. The van der Waals surface area contributed by atoms with Crippen LogP contribution in [0.15, 0.2) is 65.6 Å². The topological polar surface area (TPSA) is 85.4 Å². The zero-order chi connectivity index (χ0) is 22.9. The summed E-state index contributed by atoms with van der Waals surface area (Å²) in [7, 11) is 0. The molecule has 5 N–H and O–H groups in total. The first kappa shape index (κ1) is 21.3. The van der Waals surface area contributed by atoms with Crippen LogP contribution in [0.3, 0.4) is 0 Å². The van der Waals surface area contributed by atoms with E-state index in [9.17, 15) is 13.6 Å². The van der Waals surface area contributed by atoms with Gasteiger partial charge in [0.15, 0.2) is 0 Å². The maximum Gasteiger partial charge on any atom is 0.248 e. The maximum atomic E-state index is 13.5. The minimum absolute atomic E-state index is 0.113. The largest absolute Gasteiger partial charge is 0.380 e. The number of halogens is 2. The lowest BCUT2D eigenvalue weighted by Gasteiger charge is -2.30. The van der Waals surface area contributed by atoms with Crippen LogP contribution >= 0.6 is 0 Å². The number of fused-ring (bicyclic) bond motifs is 1. The Morgan fingerprint density at radius 2 is 1.88 bits per heavy atom. The summed E-state index contributed by atoms with van der Waals surface area (Å²) in [6, 6.07) is 11.5. The predicted octanol–water partition coefficient (Wildman–Crippen LogP) is 1.85. The molecule has 5 rings (SSSR count). The minimum Gasteiger partial charge on any atom is -0.380 e. The van der Waals surface area contributed by atoms with Gasteiger partial charge in [-0.2, -0.15) is 0 Å². The molecule has 0 aliphatic carbocycles. The quantitative estimate of drug-likeness (QED) is 0.480. The first-order chi connectivity index (χ1) is 16.0. The van der Waals surface area contributed by atoms with Crippen molar-refractivity contribution in [2.75, 3.05) is 42.9 Å². The van der Waals surface area contributed by atoms with Crippen molar-refractivity contribution < 1.29 is 13.6 Å². The van der Waals surface area contributed by atoms with Crippen LogP contribution in [0.25, 0.3) is 0 Å². The molecule has 0 radical (unpaired) electrons. The van der Waals surface area contributed by atoms with Gasteiger partial charge in [-0.1, -0.05) is 6.07 Å². The number of allylic oxidation sites excluding steroid dienone is 1. The Morgan fingerprint density at radius 1 is 1.12 bits per heavy atom. The molecule has 33 heavy (non-hydrogen) atoms. The van der Waals surface area contributed by atoms with E-state index in [2.05, 4.69) is 37.9 Å². The van der Waals surface area contributed by atoms with Gasteiger partial charge in [-0.05, 0) is 35.9 Å². The molecule has 1 unspecified atom stereocenters. The van der Waals surface area contributed by atoms with E-state index < -0.39 is 17.5 Å². The fourth-order valence-electron chi connectivity index (χ4n) is 4.44. The van der Waals surface area contributed by atoms with E-state index >= 15 is 0 Å². The van der Waals surface area contributed by atoms with E-state index in [0.717, 1.165) is 49.4 Å². The fourth-order valence-corrected chi connectivity index (χ4v) is 4.44. The van der Waals surface area contributed by atoms with Crippen molar-refractivity contribution in [3.05, 3.63) is 82.8 Å². The summed E-state index contributed by atoms with van der Waals surface area (Å²) < 4.78 is 27.1. The van der Waals surface area contributed by atoms with E-state index in [0.29, 0.717) is 23.4 Å². The van der Waals surface area contributed by atoms with E-state index in [4.69, 9.17) is 5.73 Å². The van der Waals surface area contributed by atoms with Crippen LogP contribution in [0.2, 0.25) is 0 Å². The minimum atomic E-state index is -0.643. The van der Waals surface area contributed by atoms with Gasteiger partial charge >= 0.3 is 0 Å². The molecule has 2 fully saturated rings. The van der Waals surface area contributed by atoms with Gasteiger partial charge in [-0.25, -0.2) is 8.78 Å². The van der Waals surface area contributed by atoms with Crippen LogP contribution in [-0.4, -0.2) is 49.6 Å². The lowest BCUT2D eigenvalue weighted by molar-refractivity contribution is -0.114. The molecule has 1 atom stereocenters. The molecule has 2 aromatic carbocycles. The molecule has 0 bridgehead atoms. The van der Waals surface area contributed by atoms with Gasteiger partial charge in [-0.15, -0.1) is 0 Å². The molecule has 2 aromatic rings. The highest BCUT2D eigenvalue weighted by molar-refractivity contribution is 5.96. The number of rotatable bonds is 7. The Hall–Kier alpha value is -3.59. The number of hydrogen-bond acceptors (Lipinski definition) is 6. The Balaban J connectivity index is 1.36. The van der Waals surface area contributed by atoms with Crippen LogP contribution in [0.4, 0.5) is 20.2 Å². The number of nitrogens with zero attached hydrogens (tertiary/aromatic N) is 2. The van der Waals surface area contributed by atoms with Crippen molar-refractivity contribution in [2.24, 2.45) is 5.73 Å². The highest BCUT2D eigenvalue weighted by Gasteiger charge is 2.45. The van der Waals surface area contributed by atoms with Gasteiger partial charge in [0, 0.05) is 68.5 Å². The number of carbonyl (C=O) groups excluding carboxylic acids is 1. The summed E-state index contributed by atoms with van der Waals surface area (Å²) >= 11 is 0. The zero-order valence-corrected chi connectivity index (χ0v) is 18.1. The molecule has 0 aromatic heterocycles. The van der Waals surface area contributed by atoms with E-state index in [1.807, 2.05) is 18.2 Å². The molecule has 172 valence electrons. The maximum absolute atomic E-state index is 13.5. The third-order valence-electron chi connectivity index (χ3n) is 6.10. The summed E-state index contributed by atoms with van der Waals surface area (Å²) in [5.74, 6) is -0.952. The molecule has 0 spiro atoms. The van der Waals surface area contributed by atoms with E-state index in [-0.39, 0.29) is 12.6 Å². The SMILES string of the molecule is NC(=O)C1=C(NCc2cc(F)cc(F)c2)C=C(Nc2cccc(N3CCNCC3)c2)N2CC12. The number of primary amides is 1. The van der Waals surface area contributed by atoms with E-state index in [1.165, 1.54) is 12.1 Å². The summed E-state index contributed by atoms with van der Waals surface area (Å²) in [5.41, 5.74) is 9.22. The zero-order valence-electron chi connectivity index (χ0n) is 18.1. The van der Waals surface area contributed by atoms with Crippen LogP contribution in [0.1, 0.15) is 5.56 Å². The standard InChI is InChI=1S/C24H26F2N6O/c25-16-8-15(9-17(26)10-16)13-29-20-12-22(32-14-21(32)23(20)24(27)33)30-18-2-1-3-19(11-18)31-6-4-28-5-7-31/h1-3,8-12,21,28-30H,4-7,13-14H2,(H2,27,33). The fraction of sp³-hybridized carbons (Fsp3) is 0.292. The van der Waals surface area contributed by atoms with Crippen molar-refractivity contribution in [1.29, 1.82) is 0 Å². The average Bonchev–Trinajstić information content (AvgIpc) is 3.58. The van der Waals surface area contributed by atoms with Crippen LogP contribution in [0, 0.1) is 11.6 Å². The van der Waals surface area contributed by atoms with Crippen molar-refractivity contribution in [1.82, 2.24) is 15.5 Å². The number of piperazine rings is 1. The first-order valence-corrected chi connectivity index (χ1v) is 11.0. The molecule has 2 saturated heterocycles. The predicted molar refractivity (Wildman–Crippen MR) is 123 cm³/mol. The van der Waals surface area contributed by atoms with Gasteiger partial charge in [0.2, 0.25) is 5.91 Å². The first-order valence-electron chi connectivity index (χ1n) is 11.0. The van der Waals surface area contributed by atoms with Gasteiger partial charge in [0.1, 0.15) is 17.5 Å². The number of carbonyl (C=O) groups is 1. The second-order valence-electron chi connectivity index (χ2n) is 8.43. The lowest BCUT2D eigenvalue weighted by atomic mass is 10.1. The Labute approximate surface area is 190 Å². The summed E-state index contributed by atoms with van der Waals surface area (Å²) in [5, 5.41) is 9.96. The van der Waals surface area contributed by atoms with Crippen LogP contribution < -0.4 is 26.6 Å². The molecular weight excluding hydrogens is 426 g/mol. The monoisotopic (exact) mass is 452 g/mol. The number of hydrogen-bond donors (Lipinski definition) is 4. The van der Waals surface area contributed by atoms with Gasteiger partial charge in [0.05, 0.1) is 11.6 Å². The Morgan fingerprint density at radius 3 is 2.61 bits per heavy atom. The third kappa shape index (κ3) is 4.63.